The molecule has 3 rings (SSSR count). The fourth-order valence-corrected chi connectivity index (χ4v) is 4.74. The molecule has 1 aromatic carbocycles. The summed E-state index contributed by atoms with van der Waals surface area (Å²) < 4.78 is 28.3. The van der Waals surface area contributed by atoms with E-state index in [-0.39, 0.29) is 33.4 Å². The van der Waals surface area contributed by atoms with E-state index in [2.05, 4.69) is 9.71 Å². The lowest BCUT2D eigenvalue weighted by Gasteiger charge is -2.19. The largest absolute Gasteiger partial charge is 0.330 e. The van der Waals surface area contributed by atoms with Gasteiger partial charge in [0.25, 0.3) is 5.69 Å². The summed E-state index contributed by atoms with van der Waals surface area (Å²) in [7, 11) is -3.85. The van der Waals surface area contributed by atoms with Gasteiger partial charge in [0, 0.05) is 18.3 Å². The number of hydrogen-bond donors (Lipinski definition) is 2. The smallest absolute Gasteiger partial charge is 0.278 e. The van der Waals surface area contributed by atoms with E-state index in [1.807, 2.05) is 0 Å². The van der Waals surface area contributed by atoms with E-state index in [1.54, 1.807) is 6.07 Å². The highest BCUT2D eigenvalue weighted by Gasteiger charge is 2.32. The summed E-state index contributed by atoms with van der Waals surface area (Å²) >= 11 is 0. The Morgan fingerprint density at radius 3 is 2.83 bits per heavy atom. The zero-order chi connectivity index (χ0) is 17.3. The normalized spacial score (nSPS) is 21.2. The highest BCUT2D eigenvalue weighted by atomic mass is 32.2. The second-order valence-corrected chi connectivity index (χ2v) is 7.58. The van der Waals surface area contributed by atoms with Gasteiger partial charge in [-0.2, -0.15) is 0 Å². The van der Waals surface area contributed by atoms with Crippen LogP contribution < -0.4 is 10.5 Å². The van der Waals surface area contributed by atoms with Crippen LogP contribution in [0.25, 0.3) is 10.9 Å². The zero-order valence-electron chi connectivity index (χ0n) is 12.9. The average molecular weight is 350 g/mol. The molecular formula is C15H18N4O4S. The molecule has 0 saturated heterocycles. The van der Waals surface area contributed by atoms with Crippen molar-refractivity contribution in [2.75, 3.05) is 6.54 Å². The van der Waals surface area contributed by atoms with E-state index in [1.165, 1.54) is 24.4 Å². The number of benzene rings is 1. The molecule has 1 saturated carbocycles. The van der Waals surface area contributed by atoms with Gasteiger partial charge in [0.15, 0.2) is 0 Å². The summed E-state index contributed by atoms with van der Waals surface area (Å²) in [6, 6.07) is 5.27. The molecule has 0 bridgehead atoms. The monoisotopic (exact) mass is 350 g/mol. The van der Waals surface area contributed by atoms with Crippen LogP contribution in [-0.4, -0.2) is 30.9 Å². The minimum absolute atomic E-state index is 0.0497. The van der Waals surface area contributed by atoms with Gasteiger partial charge < -0.3 is 5.73 Å². The summed E-state index contributed by atoms with van der Waals surface area (Å²) in [6.45, 7) is 0.423. The van der Waals surface area contributed by atoms with Crippen molar-refractivity contribution in [2.24, 2.45) is 11.7 Å². The molecule has 2 aromatic rings. The number of nitro benzene ring substituents is 1. The van der Waals surface area contributed by atoms with Gasteiger partial charge in [-0.25, -0.2) is 13.1 Å². The van der Waals surface area contributed by atoms with Crippen molar-refractivity contribution in [1.29, 1.82) is 0 Å². The Morgan fingerprint density at radius 2 is 2.12 bits per heavy atom. The van der Waals surface area contributed by atoms with Crippen LogP contribution in [-0.2, 0) is 10.0 Å². The molecule has 1 aliphatic rings. The molecular weight excluding hydrogens is 332 g/mol. The third-order valence-electron chi connectivity index (χ3n) is 4.46. The number of non-ortho nitro benzene ring substituents is 1. The summed E-state index contributed by atoms with van der Waals surface area (Å²) in [5, 5.41) is 11.3. The quantitative estimate of drug-likeness (QED) is 0.622. The molecule has 1 heterocycles. The number of nitrogens with two attached hydrogens (primary N) is 1. The molecule has 1 aliphatic carbocycles. The second-order valence-electron chi connectivity index (χ2n) is 5.89. The Labute approximate surface area is 139 Å². The lowest BCUT2D eigenvalue weighted by molar-refractivity contribution is -0.383. The maximum Gasteiger partial charge on any atom is 0.278 e. The molecule has 0 aliphatic heterocycles. The van der Waals surface area contributed by atoms with E-state index >= 15 is 0 Å². The minimum Gasteiger partial charge on any atom is -0.330 e. The first-order chi connectivity index (χ1) is 11.4. The Kier molecular flexibility index (Phi) is 4.48. The van der Waals surface area contributed by atoms with Crippen LogP contribution >= 0.6 is 0 Å². The van der Waals surface area contributed by atoms with Crippen molar-refractivity contribution in [3.8, 4) is 0 Å². The molecule has 128 valence electrons. The van der Waals surface area contributed by atoms with Gasteiger partial charge >= 0.3 is 0 Å². The lowest BCUT2D eigenvalue weighted by atomic mass is 10.1. The van der Waals surface area contributed by atoms with Gasteiger partial charge in [-0.3, -0.25) is 15.1 Å². The predicted molar refractivity (Wildman–Crippen MR) is 88.9 cm³/mol. The van der Waals surface area contributed by atoms with Crippen molar-refractivity contribution < 1.29 is 13.3 Å². The number of hydrogen-bond acceptors (Lipinski definition) is 6. The van der Waals surface area contributed by atoms with E-state index in [0.717, 1.165) is 19.3 Å². The predicted octanol–water partition coefficient (Wildman–Crippen LogP) is 1.55. The van der Waals surface area contributed by atoms with Gasteiger partial charge in [0.2, 0.25) is 10.0 Å². The third kappa shape index (κ3) is 2.97. The number of sulfonamides is 1. The summed E-state index contributed by atoms with van der Waals surface area (Å²) in [5.74, 6) is 0.108. The molecule has 3 N–H and O–H groups in total. The zero-order valence-corrected chi connectivity index (χ0v) is 13.7. The number of pyridine rings is 1. The Balaban J connectivity index is 2.05. The highest BCUT2D eigenvalue weighted by Crippen LogP contribution is 2.31. The molecule has 1 aromatic heterocycles. The first kappa shape index (κ1) is 16.7. The minimum atomic E-state index is -3.85. The molecule has 8 nitrogen and oxygen atoms in total. The maximum absolute atomic E-state index is 12.8. The molecule has 2 atom stereocenters. The van der Waals surface area contributed by atoms with E-state index in [4.69, 9.17) is 5.73 Å². The molecule has 1 fully saturated rings. The number of nitrogens with one attached hydrogen (secondary N) is 1. The number of fused-ring (bicyclic) bond motifs is 1. The number of nitrogens with zero attached hydrogens (tertiary/aromatic N) is 2. The van der Waals surface area contributed by atoms with Gasteiger partial charge in [0.05, 0.1) is 15.8 Å². The number of nitro groups is 1. The van der Waals surface area contributed by atoms with E-state index in [9.17, 15) is 18.5 Å². The van der Waals surface area contributed by atoms with E-state index < -0.39 is 14.9 Å². The number of rotatable bonds is 5. The first-order valence-electron chi connectivity index (χ1n) is 7.68. The van der Waals surface area contributed by atoms with Crippen molar-refractivity contribution in [3.63, 3.8) is 0 Å². The molecule has 0 spiro atoms. The van der Waals surface area contributed by atoms with Gasteiger partial charge in [-0.05, 0) is 43.5 Å². The first-order valence-corrected chi connectivity index (χ1v) is 9.17. The highest BCUT2D eigenvalue weighted by molar-refractivity contribution is 7.89. The van der Waals surface area contributed by atoms with Crippen LogP contribution in [0.15, 0.2) is 35.4 Å². The maximum atomic E-state index is 12.8. The van der Waals surface area contributed by atoms with Crippen LogP contribution in [0, 0.1) is 16.0 Å². The van der Waals surface area contributed by atoms with Crippen LogP contribution in [0.2, 0.25) is 0 Å². The Hall–Kier alpha value is -2.10. The topological polar surface area (TPSA) is 128 Å². The fraction of sp³-hybridized carbons (Fsp3) is 0.400. The third-order valence-corrected chi connectivity index (χ3v) is 5.99. The Morgan fingerprint density at radius 1 is 1.33 bits per heavy atom. The van der Waals surface area contributed by atoms with E-state index in [0.29, 0.717) is 6.54 Å². The van der Waals surface area contributed by atoms with Crippen LogP contribution in [0.5, 0.6) is 0 Å². The average Bonchev–Trinajstić information content (AvgIpc) is 2.99. The molecule has 9 heteroatoms. The molecule has 2 unspecified atom stereocenters. The van der Waals surface area contributed by atoms with Crippen molar-refractivity contribution >= 4 is 26.6 Å². The summed E-state index contributed by atoms with van der Waals surface area (Å²) in [4.78, 5) is 14.6. The van der Waals surface area contributed by atoms with Gasteiger partial charge in [-0.15, -0.1) is 0 Å². The molecule has 0 radical (unpaired) electrons. The second kappa shape index (κ2) is 6.42. The standard InChI is InChI=1S/C15H18N4O4S/c16-9-10-3-1-5-12(10)18-24(22,23)14-7-6-13(19(20)21)11-4-2-8-17-15(11)14/h2,4,6-8,10,12,18H,1,3,5,9,16H2. The van der Waals surface area contributed by atoms with Crippen molar-refractivity contribution in [3.05, 3.63) is 40.6 Å². The van der Waals surface area contributed by atoms with Crippen LogP contribution in [0.3, 0.4) is 0 Å². The fourth-order valence-electron chi connectivity index (χ4n) is 3.24. The molecule has 0 amide bonds. The van der Waals surface area contributed by atoms with Crippen LogP contribution in [0.1, 0.15) is 19.3 Å². The van der Waals surface area contributed by atoms with Gasteiger partial charge in [0.1, 0.15) is 4.90 Å². The lowest BCUT2D eigenvalue weighted by Crippen LogP contribution is -2.39. The summed E-state index contributed by atoms with van der Waals surface area (Å²) in [5.41, 5.74) is 5.63. The number of aromatic nitrogens is 1. The van der Waals surface area contributed by atoms with Crippen molar-refractivity contribution in [2.45, 2.75) is 30.2 Å². The SMILES string of the molecule is NCC1CCCC1NS(=O)(=O)c1ccc([N+](=O)[O-])c2cccnc12. The van der Waals surface area contributed by atoms with Gasteiger partial charge in [-0.1, -0.05) is 6.42 Å². The summed E-state index contributed by atoms with van der Waals surface area (Å²) in [6.07, 6.45) is 3.97. The van der Waals surface area contributed by atoms with Crippen LogP contribution in [0.4, 0.5) is 5.69 Å². The Bertz CT molecular complexity index is 884. The van der Waals surface area contributed by atoms with Crippen molar-refractivity contribution in [1.82, 2.24) is 9.71 Å². The molecule has 24 heavy (non-hydrogen) atoms.